The first-order valence-electron chi connectivity index (χ1n) is 15.2. The number of rotatable bonds is 10. The first kappa shape index (κ1) is 28.7. The van der Waals surface area contributed by atoms with Gasteiger partial charge in [-0.3, -0.25) is 14.5 Å². The molecule has 2 aromatic carbocycles. The van der Waals surface area contributed by atoms with Crippen molar-refractivity contribution in [3.8, 4) is 0 Å². The lowest BCUT2D eigenvalue weighted by molar-refractivity contribution is -0.145. The normalized spacial score (nSPS) is 24.1. The van der Waals surface area contributed by atoms with Crippen molar-refractivity contribution in [2.75, 3.05) is 32.7 Å². The number of amides is 1. The van der Waals surface area contributed by atoms with Gasteiger partial charge in [0.15, 0.2) is 0 Å². The summed E-state index contributed by atoms with van der Waals surface area (Å²) >= 11 is 0. The molecule has 0 unspecified atom stereocenters. The van der Waals surface area contributed by atoms with Gasteiger partial charge in [-0.25, -0.2) is 4.39 Å². The summed E-state index contributed by atoms with van der Waals surface area (Å²) in [6, 6.07) is 16.4. The highest BCUT2D eigenvalue weighted by atomic mass is 19.1. The minimum atomic E-state index is -0.711. The molecule has 3 aliphatic rings. The third-order valence-corrected chi connectivity index (χ3v) is 9.50. The van der Waals surface area contributed by atoms with Crippen LogP contribution >= 0.6 is 0 Å². The number of hydrogen-bond donors (Lipinski definition) is 2. The summed E-state index contributed by atoms with van der Waals surface area (Å²) in [6.45, 7) is 4.72. The third-order valence-electron chi connectivity index (χ3n) is 9.50. The summed E-state index contributed by atoms with van der Waals surface area (Å²) in [6.07, 6.45) is 7.91. The summed E-state index contributed by atoms with van der Waals surface area (Å²) in [5.74, 6) is 0.110. The van der Waals surface area contributed by atoms with Crippen LogP contribution in [-0.2, 0) is 16.1 Å². The predicted molar refractivity (Wildman–Crippen MR) is 154 cm³/mol. The van der Waals surface area contributed by atoms with Gasteiger partial charge in [-0.05, 0) is 79.8 Å². The van der Waals surface area contributed by atoms with Crippen LogP contribution in [0.25, 0.3) is 0 Å². The number of carbonyl (C=O) groups excluding carboxylic acids is 1. The fourth-order valence-corrected chi connectivity index (χ4v) is 7.37. The molecule has 2 heterocycles. The van der Waals surface area contributed by atoms with Crippen LogP contribution in [0.2, 0.25) is 0 Å². The lowest BCUT2D eigenvalue weighted by Gasteiger charge is -2.35. The molecule has 3 fully saturated rings. The van der Waals surface area contributed by atoms with Gasteiger partial charge in [-0.2, -0.15) is 0 Å². The van der Waals surface area contributed by atoms with Crippen LogP contribution in [0.4, 0.5) is 4.39 Å². The van der Waals surface area contributed by atoms with Gasteiger partial charge in [0.1, 0.15) is 11.9 Å². The van der Waals surface area contributed by atoms with Gasteiger partial charge >= 0.3 is 5.97 Å². The van der Waals surface area contributed by atoms with E-state index in [4.69, 9.17) is 0 Å². The summed E-state index contributed by atoms with van der Waals surface area (Å²) in [5.41, 5.74) is 2.09. The van der Waals surface area contributed by atoms with Gasteiger partial charge in [0.25, 0.3) is 0 Å². The SMILES string of the molecule is O=C(CC1CCN(C[C@H]2CN([C@@H](C(=O)O)C3CCCCC3)C[C@@H]2c2cccc(F)c2)CC1)NCc1ccccc1. The van der Waals surface area contributed by atoms with Crippen LogP contribution < -0.4 is 5.32 Å². The van der Waals surface area contributed by atoms with E-state index in [2.05, 4.69) is 15.1 Å². The van der Waals surface area contributed by atoms with Crippen molar-refractivity contribution in [2.45, 2.75) is 69.9 Å². The Kier molecular flexibility index (Phi) is 9.87. The highest BCUT2D eigenvalue weighted by Crippen LogP contribution is 2.39. The Morgan fingerprint density at radius 1 is 0.950 bits per heavy atom. The molecule has 7 heteroatoms. The van der Waals surface area contributed by atoms with E-state index in [-0.39, 0.29) is 29.5 Å². The Hall–Kier alpha value is -2.77. The molecule has 0 bridgehead atoms. The smallest absolute Gasteiger partial charge is 0.321 e. The quantitative estimate of drug-likeness (QED) is 0.421. The molecule has 1 saturated carbocycles. The Labute approximate surface area is 237 Å². The van der Waals surface area contributed by atoms with E-state index in [1.165, 1.54) is 12.5 Å². The van der Waals surface area contributed by atoms with Crippen molar-refractivity contribution in [2.24, 2.45) is 17.8 Å². The number of carbonyl (C=O) groups is 2. The van der Waals surface area contributed by atoms with Crippen LogP contribution in [0.15, 0.2) is 54.6 Å². The molecule has 2 saturated heterocycles. The second-order valence-electron chi connectivity index (χ2n) is 12.3. The summed E-state index contributed by atoms with van der Waals surface area (Å²) in [7, 11) is 0. The maximum Gasteiger partial charge on any atom is 0.321 e. The lowest BCUT2D eigenvalue weighted by Crippen LogP contribution is -2.46. The Morgan fingerprint density at radius 2 is 1.70 bits per heavy atom. The molecule has 6 nitrogen and oxygen atoms in total. The number of nitrogens with zero attached hydrogens (tertiary/aromatic N) is 2. The maximum atomic E-state index is 14.2. The molecular weight excluding hydrogens is 505 g/mol. The first-order valence-corrected chi connectivity index (χ1v) is 15.2. The molecule has 2 N–H and O–H groups in total. The topological polar surface area (TPSA) is 72.9 Å². The summed E-state index contributed by atoms with van der Waals surface area (Å²) in [5, 5.41) is 13.3. The van der Waals surface area contributed by atoms with Gasteiger partial charge in [-0.1, -0.05) is 61.7 Å². The number of benzene rings is 2. The fraction of sp³-hybridized carbons (Fsp3) is 0.576. The van der Waals surface area contributed by atoms with E-state index in [0.717, 1.165) is 75.8 Å². The number of halogens is 1. The van der Waals surface area contributed by atoms with Crippen molar-refractivity contribution in [3.05, 3.63) is 71.5 Å². The fourth-order valence-electron chi connectivity index (χ4n) is 7.37. The zero-order chi connectivity index (χ0) is 27.9. The number of likely N-dealkylation sites (tertiary alicyclic amines) is 2. The van der Waals surface area contributed by atoms with Crippen LogP contribution in [0.5, 0.6) is 0 Å². The molecule has 0 spiro atoms. The van der Waals surface area contributed by atoms with Crippen LogP contribution in [0.1, 0.15) is 68.4 Å². The van der Waals surface area contributed by atoms with Gasteiger partial charge in [0.2, 0.25) is 5.91 Å². The van der Waals surface area contributed by atoms with Crippen molar-refractivity contribution >= 4 is 11.9 Å². The zero-order valence-electron chi connectivity index (χ0n) is 23.5. The van der Waals surface area contributed by atoms with Crippen molar-refractivity contribution in [1.82, 2.24) is 15.1 Å². The minimum Gasteiger partial charge on any atom is -0.480 e. The van der Waals surface area contributed by atoms with Gasteiger partial charge < -0.3 is 15.3 Å². The number of nitrogens with one attached hydrogen (secondary N) is 1. The lowest BCUT2D eigenvalue weighted by atomic mass is 9.83. The van der Waals surface area contributed by atoms with Crippen molar-refractivity contribution in [1.29, 1.82) is 0 Å². The standard InChI is InChI=1S/C33H44FN3O3/c34-29-13-7-12-27(19-29)30-23-37(32(33(39)40)26-10-5-2-6-11-26)22-28(30)21-36-16-14-24(15-17-36)18-31(38)35-20-25-8-3-1-4-9-25/h1,3-4,7-9,12-13,19,24,26,28,30,32H,2,5-6,10-11,14-18,20-23H2,(H,35,38)(H,39,40)/t28-,30+,32+/m0/s1. The third kappa shape index (κ3) is 7.49. The molecule has 5 rings (SSSR count). The van der Waals surface area contributed by atoms with Gasteiger partial charge in [0.05, 0.1) is 0 Å². The van der Waals surface area contributed by atoms with E-state index < -0.39 is 12.0 Å². The van der Waals surface area contributed by atoms with Crippen molar-refractivity contribution in [3.63, 3.8) is 0 Å². The van der Waals surface area contributed by atoms with E-state index in [1.807, 2.05) is 36.4 Å². The first-order chi connectivity index (χ1) is 19.5. The van der Waals surface area contributed by atoms with Crippen LogP contribution in [0, 0.1) is 23.6 Å². The molecule has 0 radical (unpaired) electrons. The molecule has 2 aliphatic heterocycles. The maximum absolute atomic E-state index is 14.2. The average molecular weight is 550 g/mol. The Morgan fingerprint density at radius 3 is 2.40 bits per heavy atom. The number of carboxylic acid groups (broad SMARTS) is 1. The minimum absolute atomic E-state index is 0.113. The van der Waals surface area contributed by atoms with E-state index in [0.29, 0.717) is 25.4 Å². The highest BCUT2D eigenvalue weighted by molar-refractivity contribution is 5.76. The molecule has 216 valence electrons. The van der Waals surface area contributed by atoms with Crippen LogP contribution in [-0.4, -0.2) is 65.5 Å². The second kappa shape index (κ2) is 13.7. The molecule has 1 amide bonds. The predicted octanol–water partition coefficient (Wildman–Crippen LogP) is 5.29. The van der Waals surface area contributed by atoms with E-state index >= 15 is 0 Å². The highest BCUT2D eigenvalue weighted by Gasteiger charge is 2.43. The molecular formula is C33H44FN3O3. The largest absolute Gasteiger partial charge is 0.480 e. The van der Waals surface area contributed by atoms with E-state index in [9.17, 15) is 19.1 Å². The molecule has 1 aliphatic carbocycles. The summed E-state index contributed by atoms with van der Waals surface area (Å²) in [4.78, 5) is 29.7. The Bertz CT molecular complexity index is 1110. The van der Waals surface area contributed by atoms with Crippen LogP contribution in [0.3, 0.4) is 0 Å². The average Bonchev–Trinajstić information content (AvgIpc) is 3.37. The molecule has 40 heavy (non-hydrogen) atoms. The zero-order valence-corrected chi connectivity index (χ0v) is 23.5. The van der Waals surface area contributed by atoms with E-state index in [1.54, 1.807) is 12.1 Å². The Balaban J connectivity index is 1.18. The monoisotopic (exact) mass is 549 g/mol. The second-order valence-corrected chi connectivity index (χ2v) is 12.3. The number of aliphatic carboxylic acids is 1. The molecule has 3 atom stereocenters. The summed E-state index contributed by atoms with van der Waals surface area (Å²) < 4.78 is 14.2. The van der Waals surface area contributed by atoms with Crippen molar-refractivity contribution < 1.29 is 19.1 Å². The van der Waals surface area contributed by atoms with Gasteiger partial charge in [0, 0.05) is 38.5 Å². The molecule has 2 aromatic rings. The molecule has 0 aromatic heterocycles. The number of piperidine rings is 1. The number of carboxylic acids is 1. The number of hydrogen-bond acceptors (Lipinski definition) is 4. The van der Waals surface area contributed by atoms with Gasteiger partial charge in [-0.15, -0.1) is 0 Å².